The first-order valence-electron chi connectivity index (χ1n) is 5.06. The molecule has 16 heavy (non-hydrogen) atoms. The van der Waals surface area contributed by atoms with Gasteiger partial charge in [0.25, 0.3) is 0 Å². The van der Waals surface area contributed by atoms with Gasteiger partial charge in [-0.2, -0.15) is 0 Å². The molecule has 0 aliphatic rings. The van der Waals surface area contributed by atoms with Crippen LogP contribution in [0.5, 0.6) is 0 Å². The van der Waals surface area contributed by atoms with Gasteiger partial charge in [0.05, 0.1) is 12.1 Å². The van der Waals surface area contributed by atoms with E-state index in [9.17, 15) is 4.79 Å². The summed E-state index contributed by atoms with van der Waals surface area (Å²) in [5.41, 5.74) is 5.90. The Hall–Kier alpha value is -2.16. The van der Waals surface area contributed by atoms with Crippen LogP contribution in [0.25, 0.3) is 10.8 Å². The SMILES string of the molecule is NC(=O)CC=Nc1cccc2ccccc12. The molecule has 0 bridgehead atoms. The zero-order valence-corrected chi connectivity index (χ0v) is 8.76. The highest BCUT2D eigenvalue weighted by molar-refractivity contribution is 5.95. The van der Waals surface area contributed by atoms with Crippen LogP contribution in [-0.2, 0) is 4.79 Å². The molecule has 0 spiro atoms. The lowest BCUT2D eigenvalue weighted by Crippen LogP contribution is -2.09. The van der Waals surface area contributed by atoms with Crippen LogP contribution >= 0.6 is 0 Å². The van der Waals surface area contributed by atoms with E-state index < -0.39 is 0 Å². The van der Waals surface area contributed by atoms with Gasteiger partial charge in [0.15, 0.2) is 0 Å². The van der Waals surface area contributed by atoms with Crippen LogP contribution in [0.2, 0.25) is 0 Å². The minimum Gasteiger partial charge on any atom is -0.369 e. The Bertz CT molecular complexity index is 541. The van der Waals surface area contributed by atoms with Crippen LogP contribution in [0.3, 0.4) is 0 Å². The fraction of sp³-hybridized carbons (Fsp3) is 0.0769. The van der Waals surface area contributed by atoms with E-state index in [1.54, 1.807) is 6.21 Å². The van der Waals surface area contributed by atoms with Crippen molar-refractivity contribution in [1.82, 2.24) is 0 Å². The quantitative estimate of drug-likeness (QED) is 0.780. The van der Waals surface area contributed by atoms with Crippen molar-refractivity contribution in [2.75, 3.05) is 0 Å². The lowest BCUT2D eigenvalue weighted by Gasteiger charge is -2.00. The lowest BCUT2D eigenvalue weighted by atomic mass is 10.1. The van der Waals surface area contributed by atoms with Crippen LogP contribution in [-0.4, -0.2) is 12.1 Å². The van der Waals surface area contributed by atoms with E-state index in [-0.39, 0.29) is 12.3 Å². The third-order valence-electron chi connectivity index (χ3n) is 2.29. The number of aliphatic imine (C=N–C) groups is 1. The molecule has 80 valence electrons. The van der Waals surface area contributed by atoms with Crippen molar-refractivity contribution in [3.05, 3.63) is 42.5 Å². The number of carbonyl (C=O) groups excluding carboxylic acids is 1. The summed E-state index contributed by atoms with van der Waals surface area (Å²) < 4.78 is 0. The Morgan fingerprint density at radius 3 is 2.75 bits per heavy atom. The highest BCUT2D eigenvalue weighted by Crippen LogP contribution is 2.25. The number of hydrogen-bond acceptors (Lipinski definition) is 2. The van der Waals surface area contributed by atoms with Gasteiger partial charge in [0.2, 0.25) is 5.91 Å². The van der Waals surface area contributed by atoms with Crippen LogP contribution in [0.15, 0.2) is 47.5 Å². The van der Waals surface area contributed by atoms with Crippen molar-refractivity contribution in [1.29, 1.82) is 0 Å². The maximum Gasteiger partial charge on any atom is 0.222 e. The summed E-state index contributed by atoms with van der Waals surface area (Å²) in [5.74, 6) is -0.371. The topological polar surface area (TPSA) is 55.5 Å². The molecule has 0 atom stereocenters. The molecule has 2 rings (SSSR count). The Labute approximate surface area is 93.6 Å². The van der Waals surface area contributed by atoms with E-state index in [0.29, 0.717) is 0 Å². The van der Waals surface area contributed by atoms with Gasteiger partial charge in [-0.05, 0) is 11.5 Å². The first-order chi connectivity index (χ1) is 7.77. The molecule has 3 nitrogen and oxygen atoms in total. The molecule has 0 fully saturated rings. The van der Waals surface area contributed by atoms with E-state index in [4.69, 9.17) is 5.73 Å². The minimum atomic E-state index is -0.371. The number of carbonyl (C=O) groups is 1. The fourth-order valence-corrected chi connectivity index (χ4v) is 1.55. The number of nitrogens with zero attached hydrogens (tertiary/aromatic N) is 1. The van der Waals surface area contributed by atoms with Gasteiger partial charge >= 0.3 is 0 Å². The van der Waals surface area contributed by atoms with Gasteiger partial charge < -0.3 is 5.73 Å². The Balaban J connectivity index is 2.37. The summed E-state index contributed by atoms with van der Waals surface area (Å²) in [4.78, 5) is 14.8. The van der Waals surface area contributed by atoms with E-state index in [1.807, 2.05) is 42.5 Å². The number of nitrogens with two attached hydrogens (primary N) is 1. The van der Waals surface area contributed by atoms with Crippen molar-refractivity contribution >= 4 is 28.6 Å². The molecular weight excluding hydrogens is 200 g/mol. The van der Waals surface area contributed by atoms with E-state index in [1.165, 1.54) is 0 Å². The number of primary amides is 1. The summed E-state index contributed by atoms with van der Waals surface area (Å²) >= 11 is 0. The van der Waals surface area contributed by atoms with Crippen molar-refractivity contribution < 1.29 is 4.79 Å². The number of hydrogen-bond donors (Lipinski definition) is 1. The predicted octanol–water partition coefficient (Wildman–Crippen LogP) is 2.42. The second-order valence-electron chi connectivity index (χ2n) is 3.48. The number of amides is 1. The summed E-state index contributed by atoms with van der Waals surface area (Å²) in [7, 11) is 0. The predicted molar refractivity (Wildman–Crippen MR) is 65.9 cm³/mol. The third kappa shape index (κ3) is 2.25. The molecule has 0 aliphatic heterocycles. The first-order valence-corrected chi connectivity index (χ1v) is 5.06. The second-order valence-corrected chi connectivity index (χ2v) is 3.48. The zero-order chi connectivity index (χ0) is 11.4. The maximum absolute atomic E-state index is 10.6. The van der Waals surface area contributed by atoms with Crippen molar-refractivity contribution in [3.8, 4) is 0 Å². The minimum absolute atomic E-state index is 0.170. The maximum atomic E-state index is 10.6. The average Bonchev–Trinajstić information content (AvgIpc) is 2.29. The van der Waals surface area contributed by atoms with Crippen LogP contribution < -0.4 is 5.73 Å². The van der Waals surface area contributed by atoms with Crippen molar-refractivity contribution in [3.63, 3.8) is 0 Å². The normalized spacial score (nSPS) is 11.0. The standard InChI is InChI=1S/C13H12N2O/c14-13(16)8-9-15-12-7-3-5-10-4-1-2-6-11(10)12/h1-7,9H,8H2,(H2,14,16). The Morgan fingerprint density at radius 2 is 1.94 bits per heavy atom. The van der Waals surface area contributed by atoms with Gasteiger partial charge in [-0.1, -0.05) is 36.4 Å². The molecule has 0 aromatic heterocycles. The van der Waals surface area contributed by atoms with E-state index in [2.05, 4.69) is 4.99 Å². The van der Waals surface area contributed by atoms with Crippen LogP contribution in [0.1, 0.15) is 6.42 Å². The molecule has 2 aromatic carbocycles. The second kappa shape index (κ2) is 4.57. The number of benzene rings is 2. The van der Waals surface area contributed by atoms with Gasteiger partial charge in [-0.15, -0.1) is 0 Å². The molecule has 3 heteroatoms. The lowest BCUT2D eigenvalue weighted by molar-refractivity contribution is -0.116. The largest absolute Gasteiger partial charge is 0.369 e. The Morgan fingerprint density at radius 1 is 1.19 bits per heavy atom. The fourth-order valence-electron chi connectivity index (χ4n) is 1.55. The van der Waals surface area contributed by atoms with E-state index in [0.717, 1.165) is 16.5 Å². The van der Waals surface area contributed by atoms with Crippen LogP contribution in [0, 0.1) is 0 Å². The summed E-state index contributed by atoms with van der Waals surface area (Å²) in [6.45, 7) is 0. The van der Waals surface area contributed by atoms with Gasteiger partial charge in [0, 0.05) is 11.6 Å². The molecule has 2 N–H and O–H groups in total. The monoisotopic (exact) mass is 212 g/mol. The number of fused-ring (bicyclic) bond motifs is 1. The summed E-state index contributed by atoms with van der Waals surface area (Å²) in [5, 5.41) is 2.21. The average molecular weight is 212 g/mol. The molecule has 0 radical (unpaired) electrons. The molecular formula is C13H12N2O. The van der Waals surface area contributed by atoms with Gasteiger partial charge in [-0.25, -0.2) is 0 Å². The molecule has 0 saturated heterocycles. The molecule has 0 aliphatic carbocycles. The highest BCUT2D eigenvalue weighted by Gasteiger charge is 1.97. The smallest absolute Gasteiger partial charge is 0.222 e. The molecule has 0 heterocycles. The van der Waals surface area contributed by atoms with Crippen molar-refractivity contribution in [2.24, 2.45) is 10.7 Å². The molecule has 2 aromatic rings. The summed E-state index contributed by atoms with van der Waals surface area (Å²) in [6, 6.07) is 13.9. The molecule has 0 saturated carbocycles. The van der Waals surface area contributed by atoms with Gasteiger partial charge in [0.1, 0.15) is 0 Å². The third-order valence-corrected chi connectivity index (χ3v) is 2.29. The number of rotatable bonds is 3. The highest BCUT2D eigenvalue weighted by atomic mass is 16.1. The molecule has 1 amide bonds. The molecule has 0 unspecified atom stereocenters. The van der Waals surface area contributed by atoms with Crippen LogP contribution in [0.4, 0.5) is 5.69 Å². The van der Waals surface area contributed by atoms with E-state index >= 15 is 0 Å². The summed E-state index contributed by atoms with van der Waals surface area (Å²) in [6.07, 6.45) is 1.72. The Kier molecular flexibility index (Phi) is 2.96. The first kappa shape index (κ1) is 10.4. The van der Waals surface area contributed by atoms with Gasteiger partial charge in [-0.3, -0.25) is 9.79 Å². The van der Waals surface area contributed by atoms with Crippen molar-refractivity contribution in [2.45, 2.75) is 6.42 Å². The zero-order valence-electron chi connectivity index (χ0n) is 8.76.